The molecule has 2 bridgehead atoms. The standard InChI is InChI=1S/C59H69F2N9O5/c1-4-41-45(60)9-5-35-25-40(71)27-42(49(35)41)52-50(61)53-43(30-62-52)51(36-23-37-6-7-38(24-36)63-37)65-56(66-53)75-33-59(13-14-59)32-68-17-15-58(16-18-68)28-34(29-58)31-67-19-21-69(22-20-67)39-8-10-46-44(26-39)57(2,3)55(74)70(46)47-11-12-48(72)64-54(47)73/h5,8-10,25-27,30,34,36-38,47,63,71H,4,6-7,11-24,28-29,31-33H2,1-3H3,(H,64,72,73). The van der Waals surface area contributed by atoms with Gasteiger partial charge in [0, 0.05) is 97.6 Å². The number of hydrogen-bond acceptors (Lipinski definition) is 12. The van der Waals surface area contributed by atoms with Gasteiger partial charge in [0.1, 0.15) is 28.8 Å². The smallest absolute Gasteiger partial charge is 0.317 e. The highest BCUT2D eigenvalue weighted by Crippen LogP contribution is 2.55. The minimum atomic E-state index is -0.767. The topological polar surface area (TPSA) is 156 Å². The molecule has 3 N–H and O–H groups in total. The minimum Gasteiger partial charge on any atom is -0.508 e. The van der Waals surface area contributed by atoms with Crippen LogP contribution in [0.25, 0.3) is 32.9 Å². The average molecular weight is 1020 g/mol. The quantitative estimate of drug-likeness (QED) is 0.103. The van der Waals surface area contributed by atoms with Crippen molar-refractivity contribution >= 4 is 50.8 Å². The highest BCUT2D eigenvalue weighted by atomic mass is 19.1. The molecular weight excluding hydrogens is 953 g/mol. The van der Waals surface area contributed by atoms with Crippen LogP contribution in [-0.4, -0.2) is 125 Å². The molecule has 0 radical (unpaired) electrons. The number of piperidine rings is 3. The van der Waals surface area contributed by atoms with Gasteiger partial charge in [-0.05, 0) is 174 Å². The summed E-state index contributed by atoms with van der Waals surface area (Å²) in [5.41, 5.74) is 4.21. The normalized spacial score (nSPS) is 26.3. The number of phenols is 1. The number of aromatic nitrogens is 3. The lowest BCUT2D eigenvalue weighted by molar-refractivity contribution is -0.136. The average Bonchev–Trinajstić information content (AvgIpc) is 4.06. The minimum absolute atomic E-state index is 0.00770. The molecule has 13 rings (SSSR count). The first-order valence-corrected chi connectivity index (χ1v) is 27.9. The van der Waals surface area contributed by atoms with Gasteiger partial charge in [-0.2, -0.15) is 9.97 Å². The molecule has 5 aromatic rings. The van der Waals surface area contributed by atoms with Crippen LogP contribution < -0.4 is 25.2 Å². The van der Waals surface area contributed by atoms with Gasteiger partial charge in [-0.3, -0.25) is 34.5 Å². The SMILES string of the molecule is CCc1c(F)ccc2cc(O)cc(-c3ncc4c(C5CC6CCC(C5)N6)nc(OCC5(CN6CCC7(CC6)CC(CN6CCN(c8ccc9c(c8)C(C)(C)C(=O)N9C8CCC(=O)NC8=O)CC6)C7)CC5)nc4c3F)c12. The van der Waals surface area contributed by atoms with E-state index in [9.17, 15) is 19.5 Å². The lowest BCUT2D eigenvalue weighted by Crippen LogP contribution is -2.55. The summed E-state index contributed by atoms with van der Waals surface area (Å²) >= 11 is 0. The molecule has 8 heterocycles. The fourth-order valence-corrected chi connectivity index (χ4v) is 14.8. The third-order valence-corrected chi connectivity index (χ3v) is 19.1. The molecule has 8 aliphatic rings. The molecular formula is C59H69F2N9O5. The Morgan fingerprint density at radius 2 is 1.63 bits per heavy atom. The summed E-state index contributed by atoms with van der Waals surface area (Å²) in [6.07, 6.45) is 13.8. The number of likely N-dealkylation sites (tertiary alicyclic amines) is 1. The third kappa shape index (κ3) is 8.70. The van der Waals surface area contributed by atoms with E-state index in [1.165, 1.54) is 37.8 Å². The largest absolute Gasteiger partial charge is 0.508 e. The van der Waals surface area contributed by atoms with Crippen molar-refractivity contribution in [2.75, 3.05) is 68.8 Å². The number of imide groups is 1. The molecule has 7 fully saturated rings. The molecule has 2 aliphatic carbocycles. The van der Waals surface area contributed by atoms with E-state index in [4.69, 9.17) is 14.7 Å². The number of fused-ring (bicyclic) bond motifs is 5. The van der Waals surface area contributed by atoms with E-state index in [1.807, 2.05) is 26.8 Å². The van der Waals surface area contributed by atoms with E-state index in [1.54, 1.807) is 23.2 Å². The molecule has 3 atom stereocenters. The maximum absolute atomic E-state index is 17.2. The zero-order chi connectivity index (χ0) is 51.5. The molecule has 5 saturated heterocycles. The summed E-state index contributed by atoms with van der Waals surface area (Å²) in [6.45, 7) is 14.3. The molecule has 1 spiro atoms. The second kappa shape index (κ2) is 18.4. The number of piperazine rings is 1. The molecule has 14 nitrogen and oxygen atoms in total. The predicted octanol–water partition coefficient (Wildman–Crippen LogP) is 8.29. The van der Waals surface area contributed by atoms with Gasteiger partial charge in [-0.25, -0.2) is 8.78 Å². The summed E-state index contributed by atoms with van der Waals surface area (Å²) in [4.78, 5) is 62.3. The molecule has 394 valence electrons. The van der Waals surface area contributed by atoms with Crippen molar-refractivity contribution < 1.29 is 33.0 Å². The Morgan fingerprint density at radius 1 is 0.867 bits per heavy atom. The van der Waals surface area contributed by atoms with Crippen LogP contribution in [0.2, 0.25) is 0 Å². The first kappa shape index (κ1) is 48.8. The van der Waals surface area contributed by atoms with Gasteiger partial charge in [-0.1, -0.05) is 13.0 Å². The molecule has 3 unspecified atom stereocenters. The zero-order valence-corrected chi connectivity index (χ0v) is 43.5. The number of nitrogens with zero attached hydrogens (tertiary/aromatic N) is 7. The summed E-state index contributed by atoms with van der Waals surface area (Å²) < 4.78 is 39.1. The van der Waals surface area contributed by atoms with E-state index in [0.717, 1.165) is 119 Å². The van der Waals surface area contributed by atoms with Gasteiger partial charge in [0.2, 0.25) is 17.7 Å². The van der Waals surface area contributed by atoms with Crippen LogP contribution in [0.15, 0.2) is 48.7 Å². The number of rotatable bonds is 12. The van der Waals surface area contributed by atoms with E-state index >= 15 is 8.78 Å². The second-order valence-corrected chi connectivity index (χ2v) is 24.4. The Bertz CT molecular complexity index is 3130. The van der Waals surface area contributed by atoms with Gasteiger partial charge >= 0.3 is 6.01 Å². The van der Waals surface area contributed by atoms with Crippen LogP contribution in [-0.2, 0) is 26.2 Å². The van der Waals surface area contributed by atoms with Crippen LogP contribution in [0.3, 0.4) is 0 Å². The summed E-state index contributed by atoms with van der Waals surface area (Å²) in [5, 5.41) is 18.7. The number of aromatic hydroxyl groups is 1. The second-order valence-electron chi connectivity index (χ2n) is 24.4. The Morgan fingerprint density at radius 3 is 2.35 bits per heavy atom. The predicted molar refractivity (Wildman–Crippen MR) is 283 cm³/mol. The van der Waals surface area contributed by atoms with E-state index in [0.29, 0.717) is 64.2 Å². The van der Waals surface area contributed by atoms with Gasteiger partial charge in [0.25, 0.3) is 0 Å². The van der Waals surface area contributed by atoms with E-state index in [2.05, 4.69) is 42.5 Å². The number of hydrogen-bond donors (Lipinski definition) is 3. The summed E-state index contributed by atoms with van der Waals surface area (Å²) in [6, 6.07) is 12.6. The van der Waals surface area contributed by atoms with Gasteiger partial charge in [0.15, 0.2) is 5.82 Å². The lowest BCUT2D eigenvalue weighted by atomic mass is 9.57. The number of amides is 3. The van der Waals surface area contributed by atoms with Crippen LogP contribution in [0.5, 0.6) is 11.8 Å². The van der Waals surface area contributed by atoms with Crippen LogP contribution >= 0.6 is 0 Å². The number of anilines is 2. The molecule has 2 saturated carbocycles. The number of pyridine rings is 1. The zero-order valence-electron chi connectivity index (χ0n) is 43.5. The Labute approximate surface area is 437 Å². The van der Waals surface area contributed by atoms with Crippen molar-refractivity contribution in [1.82, 2.24) is 35.4 Å². The van der Waals surface area contributed by atoms with E-state index < -0.39 is 23.2 Å². The van der Waals surface area contributed by atoms with Crippen LogP contribution in [0, 0.1) is 28.4 Å². The maximum atomic E-state index is 17.2. The van der Waals surface area contributed by atoms with Crippen molar-refractivity contribution in [3.63, 3.8) is 0 Å². The first-order chi connectivity index (χ1) is 36.1. The number of halogens is 2. The Hall–Kier alpha value is -5.84. The maximum Gasteiger partial charge on any atom is 0.317 e. The number of ether oxygens (including phenoxy) is 1. The summed E-state index contributed by atoms with van der Waals surface area (Å²) in [5.74, 6) is -1.02. The fourth-order valence-electron chi connectivity index (χ4n) is 14.8. The Balaban J connectivity index is 0.631. The van der Waals surface area contributed by atoms with Gasteiger partial charge in [0.05, 0.1) is 17.7 Å². The number of phenolic OH excluding ortho intramolecular Hbond substituents is 1. The van der Waals surface area contributed by atoms with E-state index in [-0.39, 0.29) is 58.4 Å². The number of carbonyl (C=O) groups is 3. The monoisotopic (exact) mass is 1020 g/mol. The molecule has 3 amide bonds. The fraction of sp³-hybridized carbons (Fsp3) is 0.559. The number of carbonyl (C=O) groups excluding carboxylic acids is 3. The van der Waals surface area contributed by atoms with Crippen LogP contribution in [0.1, 0.15) is 121 Å². The van der Waals surface area contributed by atoms with Crippen molar-refractivity contribution in [2.45, 2.75) is 134 Å². The number of benzene rings is 3. The molecule has 16 heteroatoms. The lowest BCUT2D eigenvalue weighted by Gasteiger charge is -2.54. The first-order valence-electron chi connectivity index (χ1n) is 27.9. The number of aryl methyl sites for hydroxylation is 1. The third-order valence-electron chi connectivity index (χ3n) is 19.1. The van der Waals surface area contributed by atoms with Gasteiger partial charge < -0.3 is 25.0 Å². The highest BCUT2D eigenvalue weighted by Gasteiger charge is 2.51. The molecule has 2 aromatic heterocycles. The van der Waals surface area contributed by atoms with Crippen molar-refractivity contribution in [1.29, 1.82) is 0 Å². The van der Waals surface area contributed by atoms with Gasteiger partial charge in [-0.15, -0.1) is 0 Å². The Kier molecular flexibility index (Phi) is 12.0. The molecule has 75 heavy (non-hydrogen) atoms. The van der Waals surface area contributed by atoms with Crippen molar-refractivity contribution in [3.05, 3.63) is 77.1 Å². The molecule has 3 aromatic carbocycles. The van der Waals surface area contributed by atoms with Crippen molar-refractivity contribution in [3.8, 4) is 23.0 Å². The summed E-state index contributed by atoms with van der Waals surface area (Å²) in [7, 11) is 0. The number of nitrogens with one attached hydrogen (secondary N) is 2. The van der Waals surface area contributed by atoms with Crippen molar-refractivity contribution in [2.24, 2.45) is 16.7 Å². The van der Waals surface area contributed by atoms with Crippen LogP contribution in [0.4, 0.5) is 20.2 Å². The highest BCUT2D eigenvalue weighted by molar-refractivity contribution is 6.14. The molecule has 6 aliphatic heterocycles.